The molecule has 0 fully saturated rings. The van der Waals surface area contributed by atoms with Gasteiger partial charge in [0.2, 0.25) is 41.4 Å². The highest BCUT2D eigenvalue weighted by Crippen LogP contribution is 2.08. The zero-order valence-electron chi connectivity index (χ0n) is 42.8. The van der Waals surface area contributed by atoms with Gasteiger partial charge < -0.3 is 88.6 Å². The van der Waals surface area contributed by atoms with Crippen LogP contribution in [0.3, 0.4) is 0 Å². The minimum absolute atomic E-state index is 0.0132. The molecule has 0 aliphatic rings. The molecule has 24 heteroatoms. The first kappa shape index (κ1) is 67.4. The minimum Gasteiger partial charge on any atom is -0.386 e. The van der Waals surface area contributed by atoms with Crippen molar-refractivity contribution >= 4 is 41.4 Å². The van der Waals surface area contributed by atoms with Crippen LogP contribution in [-0.2, 0) is 62.0 Å². The van der Waals surface area contributed by atoms with E-state index in [1.165, 1.54) is 6.92 Å². The Labute approximate surface area is 415 Å². The summed E-state index contributed by atoms with van der Waals surface area (Å²) in [4.78, 5) is 87.2. The van der Waals surface area contributed by atoms with Crippen molar-refractivity contribution in [1.29, 1.82) is 0 Å². The lowest BCUT2D eigenvalue weighted by molar-refractivity contribution is -0.134. The number of ether oxygens (including phenoxy) is 6. The largest absolute Gasteiger partial charge is 0.386 e. The second-order valence-corrected chi connectivity index (χ2v) is 16.0. The third-order valence-corrected chi connectivity index (χ3v) is 9.72. The number of amides is 7. The maximum Gasteiger partial charge on any atom is 0.243 e. The van der Waals surface area contributed by atoms with Crippen molar-refractivity contribution in [2.75, 3.05) is 112 Å². The molecule has 7 amide bonds. The number of primary amides is 1. The van der Waals surface area contributed by atoms with Crippen molar-refractivity contribution in [2.45, 2.75) is 123 Å². The third-order valence-electron chi connectivity index (χ3n) is 9.72. The molecule has 0 aromatic heterocycles. The SMILES string of the molecule is C=C(N)NCCCC(NC(=O)C(NC(=O)C(CCCCN)NC(=O)CCOCCOCCOCCNC(=O)CCOCCOCCOCCNC(=O)C(CCCCN)NC(C)=O)C(C)C)C(N)=O.CC. The Kier molecular flexibility index (Phi) is 44.9. The van der Waals surface area contributed by atoms with Gasteiger partial charge >= 0.3 is 0 Å². The Morgan fingerprint density at radius 3 is 1.37 bits per heavy atom. The molecule has 0 bridgehead atoms. The van der Waals surface area contributed by atoms with Crippen LogP contribution >= 0.6 is 0 Å². The summed E-state index contributed by atoms with van der Waals surface area (Å²) in [6.07, 6.45) is 4.43. The van der Waals surface area contributed by atoms with E-state index < -0.39 is 47.8 Å². The standard InChI is InChI=1S/C44H85N11O13.C2H6/c1-32(2)40(44(62)54-35(41(48)59)12-9-17-49-33(3)47)55-43(61)37(11-6-8-16-46)53-39(58)14-21-64-25-29-68-30-26-65-22-18-50-38(57)13-20-63-24-28-67-31-27-66-23-19-51-42(60)36(52-34(4)56)10-5-7-15-45;1-2/h32,35-37,40,49H,3,5-31,45-47H2,1-2,4H3,(H2,48,59)(H,50,57)(H,51,60)(H,52,56)(H,53,58)(H,54,62)(H,55,61);1-2H3. The maximum atomic E-state index is 13.4. The summed E-state index contributed by atoms with van der Waals surface area (Å²) in [7, 11) is 0. The first-order valence-corrected chi connectivity index (χ1v) is 24.7. The molecule has 0 radical (unpaired) electrons. The van der Waals surface area contributed by atoms with Crippen LogP contribution < -0.4 is 60.2 Å². The maximum absolute atomic E-state index is 13.4. The molecule has 0 aliphatic heterocycles. The predicted molar refractivity (Wildman–Crippen MR) is 265 cm³/mol. The Hall–Kier alpha value is -4.69. The summed E-state index contributed by atoms with van der Waals surface area (Å²) in [5.74, 6) is -3.01. The lowest BCUT2D eigenvalue weighted by Gasteiger charge is -2.27. The van der Waals surface area contributed by atoms with E-state index in [1.54, 1.807) is 13.8 Å². The second-order valence-electron chi connectivity index (χ2n) is 16.0. The molecule has 0 aliphatic carbocycles. The van der Waals surface area contributed by atoms with E-state index in [1.807, 2.05) is 13.8 Å². The van der Waals surface area contributed by atoms with Crippen molar-refractivity contribution in [2.24, 2.45) is 28.9 Å². The van der Waals surface area contributed by atoms with Gasteiger partial charge in [-0.2, -0.15) is 0 Å². The number of nitrogens with two attached hydrogens (primary N) is 4. The van der Waals surface area contributed by atoms with E-state index in [4.69, 9.17) is 51.4 Å². The van der Waals surface area contributed by atoms with Crippen LogP contribution in [0.2, 0.25) is 0 Å². The molecule has 4 atom stereocenters. The predicted octanol–water partition coefficient (Wildman–Crippen LogP) is -1.72. The molecule has 0 aromatic carbocycles. The molecule has 4 unspecified atom stereocenters. The number of carbonyl (C=O) groups excluding carboxylic acids is 7. The normalized spacial score (nSPS) is 12.6. The topological polar surface area (TPSA) is 363 Å². The summed E-state index contributed by atoms with van der Waals surface area (Å²) in [5, 5.41) is 19.1. The number of unbranched alkanes of at least 4 members (excludes halogenated alkanes) is 2. The van der Waals surface area contributed by atoms with Gasteiger partial charge in [0.15, 0.2) is 0 Å². The first-order valence-electron chi connectivity index (χ1n) is 24.7. The molecule has 24 nitrogen and oxygen atoms in total. The molecule has 0 rings (SSSR count). The smallest absolute Gasteiger partial charge is 0.243 e. The fraction of sp³-hybridized carbons (Fsp3) is 0.804. The fourth-order valence-corrected chi connectivity index (χ4v) is 6.06. The minimum atomic E-state index is -0.998. The van der Waals surface area contributed by atoms with Gasteiger partial charge in [-0.1, -0.05) is 34.3 Å². The average molecular weight is 1010 g/mol. The Balaban J connectivity index is 0. The van der Waals surface area contributed by atoms with Crippen molar-refractivity contribution in [3.05, 3.63) is 12.4 Å². The summed E-state index contributed by atoms with van der Waals surface area (Å²) >= 11 is 0. The van der Waals surface area contributed by atoms with Gasteiger partial charge in [0.1, 0.15) is 24.2 Å². The molecule has 0 spiro atoms. The van der Waals surface area contributed by atoms with Crippen LogP contribution in [0.5, 0.6) is 0 Å². The van der Waals surface area contributed by atoms with Crippen LogP contribution in [0.4, 0.5) is 0 Å². The van der Waals surface area contributed by atoms with E-state index in [0.29, 0.717) is 118 Å². The zero-order valence-corrected chi connectivity index (χ0v) is 42.8. The Morgan fingerprint density at radius 2 is 0.914 bits per heavy atom. The Morgan fingerprint density at radius 1 is 0.471 bits per heavy atom. The molecule has 70 heavy (non-hydrogen) atoms. The molecular formula is C46H91N11O13. The molecular weight excluding hydrogens is 915 g/mol. The first-order chi connectivity index (χ1) is 33.6. The number of hydrogen-bond donors (Lipinski definition) is 11. The van der Waals surface area contributed by atoms with E-state index >= 15 is 0 Å². The van der Waals surface area contributed by atoms with Crippen LogP contribution in [0, 0.1) is 5.92 Å². The monoisotopic (exact) mass is 1010 g/mol. The van der Waals surface area contributed by atoms with Gasteiger partial charge in [-0.3, -0.25) is 33.6 Å². The van der Waals surface area contributed by atoms with E-state index in [0.717, 1.165) is 12.8 Å². The van der Waals surface area contributed by atoms with Crippen molar-refractivity contribution in [3.63, 3.8) is 0 Å². The van der Waals surface area contributed by atoms with E-state index in [-0.39, 0.29) is 75.2 Å². The molecule has 0 aromatic rings. The van der Waals surface area contributed by atoms with Crippen molar-refractivity contribution < 1.29 is 62.0 Å². The highest BCUT2D eigenvalue weighted by molar-refractivity contribution is 5.94. The van der Waals surface area contributed by atoms with E-state index in [9.17, 15) is 33.6 Å². The van der Waals surface area contributed by atoms with Crippen molar-refractivity contribution in [3.8, 4) is 0 Å². The number of carbonyl (C=O) groups is 7. The van der Waals surface area contributed by atoms with Crippen LogP contribution in [0.25, 0.3) is 0 Å². The summed E-state index contributed by atoms with van der Waals surface area (Å²) in [5.41, 5.74) is 22.2. The van der Waals surface area contributed by atoms with Gasteiger partial charge in [0.25, 0.3) is 0 Å². The molecule has 408 valence electrons. The summed E-state index contributed by atoms with van der Waals surface area (Å²) in [6, 6.07) is -3.48. The van der Waals surface area contributed by atoms with E-state index in [2.05, 4.69) is 43.8 Å². The van der Waals surface area contributed by atoms with Crippen LogP contribution in [0.15, 0.2) is 12.4 Å². The van der Waals surface area contributed by atoms with Gasteiger partial charge in [0, 0.05) is 39.4 Å². The quantitative estimate of drug-likeness (QED) is 0.0302. The molecule has 15 N–H and O–H groups in total. The van der Waals surface area contributed by atoms with Crippen LogP contribution in [0.1, 0.15) is 98.8 Å². The van der Waals surface area contributed by atoms with Crippen molar-refractivity contribution in [1.82, 2.24) is 37.2 Å². The Bertz CT molecular complexity index is 1430. The summed E-state index contributed by atoms with van der Waals surface area (Å²) < 4.78 is 32.8. The average Bonchev–Trinajstić information content (AvgIpc) is 3.31. The highest BCUT2D eigenvalue weighted by Gasteiger charge is 2.31. The number of hydrogen-bond acceptors (Lipinski definition) is 17. The van der Waals surface area contributed by atoms with Gasteiger partial charge in [0.05, 0.1) is 85.1 Å². The summed E-state index contributed by atoms with van der Waals surface area (Å²) in [6.45, 7) is 17.8. The number of rotatable bonds is 46. The zero-order chi connectivity index (χ0) is 52.8. The molecule has 0 heterocycles. The van der Waals surface area contributed by atoms with Gasteiger partial charge in [-0.15, -0.1) is 0 Å². The highest BCUT2D eigenvalue weighted by atomic mass is 16.5. The van der Waals surface area contributed by atoms with Gasteiger partial charge in [-0.05, 0) is 70.4 Å². The van der Waals surface area contributed by atoms with Crippen LogP contribution in [-0.4, -0.2) is 178 Å². The lowest BCUT2D eigenvalue weighted by atomic mass is 10.0. The molecule has 0 saturated heterocycles. The second kappa shape index (κ2) is 46.7. The fourth-order valence-electron chi connectivity index (χ4n) is 6.06. The van der Waals surface area contributed by atoms with Gasteiger partial charge in [-0.25, -0.2) is 0 Å². The third kappa shape index (κ3) is 40.1. The number of nitrogens with one attached hydrogen (secondary N) is 7. The lowest BCUT2D eigenvalue weighted by Crippen LogP contribution is -2.58. The molecule has 0 saturated carbocycles.